The molecule has 0 N–H and O–H groups in total. The Morgan fingerprint density at radius 1 is 0.903 bits per heavy atom. The predicted molar refractivity (Wildman–Crippen MR) is 119 cm³/mol. The fraction of sp³-hybridized carbons (Fsp3) is 0.400. The predicted octanol–water partition coefficient (Wildman–Crippen LogP) is 3.99. The first-order valence-corrected chi connectivity index (χ1v) is 11.2. The minimum absolute atomic E-state index is 0.00491. The fourth-order valence-corrected chi connectivity index (χ4v) is 5.33. The highest BCUT2D eigenvalue weighted by Gasteiger charge is 2.48. The normalized spacial score (nSPS) is 23.4. The molecule has 1 saturated heterocycles. The van der Waals surface area contributed by atoms with Gasteiger partial charge in [0.25, 0.3) is 0 Å². The van der Waals surface area contributed by atoms with Crippen molar-refractivity contribution < 1.29 is 14.4 Å². The molecule has 1 saturated carbocycles. The Balaban J connectivity index is 1.45. The van der Waals surface area contributed by atoms with Crippen LogP contribution in [0.5, 0.6) is 0 Å². The summed E-state index contributed by atoms with van der Waals surface area (Å²) in [7, 11) is 0. The number of anilines is 2. The van der Waals surface area contributed by atoms with E-state index in [0.717, 1.165) is 44.2 Å². The van der Waals surface area contributed by atoms with Gasteiger partial charge < -0.3 is 9.80 Å². The van der Waals surface area contributed by atoms with Crippen LogP contribution in [0.3, 0.4) is 0 Å². The van der Waals surface area contributed by atoms with Gasteiger partial charge in [-0.25, -0.2) is 9.69 Å². The van der Waals surface area contributed by atoms with Crippen LogP contribution >= 0.6 is 0 Å². The van der Waals surface area contributed by atoms with Crippen LogP contribution in [0.2, 0.25) is 0 Å². The molecule has 0 bridgehead atoms. The van der Waals surface area contributed by atoms with Gasteiger partial charge in [0, 0.05) is 18.3 Å². The minimum atomic E-state index is -0.377. The molecular formula is C25H27N3O3. The number of rotatable bonds is 3. The lowest BCUT2D eigenvalue weighted by Crippen LogP contribution is -2.64. The first-order chi connectivity index (χ1) is 15.1. The van der Waals surface area contributed by atoms with Gasteiger partial charge in [0.15, 0.2) is 0 Å². The molecule has 160 valence electrons. The molecule has 0 radical (unpaired) electrons. The zero-order valence-electron chi connectivity index (χ0n) is 17.6. The van der Waals surface area contributed by atoms with Crippen molar-refractivity contribution in [1.29, 1.82) is 0 Å². The number of hydrogen-bond acceptors (Lipinski definition) is 3. The van der Waals surface area contributed by atoms with Crippen LogP contribution in [0.1, 0.15) is 37.7 Å². The van der Waals surface area contributed by atoms with E-state index in [4.69, 9.17) is 0 Å². The second-order valence-electron chi connectivity index (χ2n) is 8.66. The molecule has 2 aromatic carbocycles. The Bertz CT molecular complexity index is 1010. The maximum Gasteiger partial charge on any atom is 0.332 e. The SMILES string of the molecule is O=C(CN1C(=O)N(c2ccccc2)C(=O)C2CCCCC21)N1CCCc2ccccc21. The molecule has 6 heteroatoms. The molecule has 31 heavy (non-hydrogen) atoms. The molecular weight excluding hydrogens is 390 g/mol. The van der Waals surface area contributed by atoms with Crippen molar-refractivity contribution in [2.24, 2.45) is 5.92 Å². The summed E-state index contributed by atoms with van der Waals surface area (Å²) in [6.45, 7) is 0.665. The van der Waals surface area contributed by atoms with E-state index < -0.39 is 0 Å². The molecule has 4 amide bonds. The number of carbonyl (C=O) groups is 3. The summed E-state index contributed by atoms with van der Waals surface area (Å²) in [6, 6.07) is 16.5. The highest BCUT2D eigenvalue weighted by Crippen LogP contribution is 2.37. The van der Waals surface area contributed by atoms with E-state index in [1.807, 2.05) is 41.3 Å². The van der Waals surface area contributed by atoms with E-state index in [1.165, 1.54) is 10.5 Å². The van der Waals surface area contributed by atoms with E-state index in [2.05, 4.69) is 6.07 Å². The van der Waals surface area contributed by atoms with Crippen molar-refractivity contribution in [2.45, 2.75) is 44.6 Å². The molecule has 2 unspecified atom stereocenters. The maximum absolute atomic E-state index is 13.5. The molecule has 0 spiro atoms. The molecule has 5 rings (SSSR count). The van der Waals surface area contributed by atoms with Gasteiger partial charge in [-0.15, -0.1) is 0 Å². The van der Waals surface area contributed by atoms with Crippen molar-refractivity contribution >= 4 is 29.2 Å². The van der Waals surface area contributed by atoms with Crippen LogP contribution in [0, 0.1) is 5.92 Å². The van der Waals surface area contributed by atoms with Gasteiger partial charge >= 0.3 is 6.03 Å². The smallest absolute Gasteiger partial charge is 0.311 e. The largest absolute Gasteiger partial charge is 0.332 e. The van der Waals surface area contributed by atoms with Crippen molar-refractivity contribution in [3.05, 3.63) is 60.2 Å². The van der Waals surface area contributed by atoms with Gasteiger partial charge in [-0.05, 0) is 49.4 Å². The number of fused-ring (bicyclic) bond motifs is 2. The summed E-state index contributed by atoms with van der Waals surface area (Å²) in [6.07, 6.45) is 5.36. The first-order valence-electron chi connectivity index (χ1n) is 11.2. The van der Waals surface area contributed by atoms with Crippen LogP contribution in [0.4, 0.5) is 16.2 Å². The highest BCUT2D eigenvalue weighted by molar-refractivity contribution is 6.17. The van der Waals surface area contributed by atoms with Crippen LogP contribution in [-0.4, -0.2) is 41.9 Å². The number of amides is 4. The number of hydrogen-bond donors (Lipinski definition) is 0. The third kappa shape index (κ3) is 3.50. The lowest BCUT2D eigenvalue weighted by molar-refractivity contribution is -0.129. The fourth-order valence-electron chi connectivity index (χ4n) is 5.33. The van der Waals surface area contributed by atoms with E-state index in [1.54, 1.807) is 17.0 Å². The number of benzene rings is 2. The Morgan fingerprint density at radius 2 is 1.65 bits per heavy atom. The van der Waals surface area contributed by atoms with E-state index in [-0.39, 0.29) is 36.3 Å². The third-order valence-electron chi connectivity index (χ3n) is 6.84. The summed E-state index contributed by atoms with van der Waals surface area (Å²) in [5.41, 5.74) is 2.69. The lowest BCUT2D eigenvalue weighted by atomic mass is 9.81. The summed E-state index contributed by atoms with van der Waals surface area (Å²) in [5.74, 6) is -0.451. The molecule has 3 aliphatic rings. The maximum atomic E-state index is 13.5. The molecule has 2 heterocycles. The van der Waals surface area contributed by atoms with Crippen molar-refractivity contribution in [1.82, 2.24) is 4.90 Å². The monoisotopic (exact) mass is 417 g/mol. The number of imide groups is 1. The summed E-state index contributed by atoms with van der Waals surface area (Å²) in [4.78, 5) is 44.9. The lowest BCUT2D eigenvalue weighted by Gasteiger charge is -2.47. The number of para-hydroxylation sites is 2. The third-order valence-corrected chi connectivity index (χ3v) is 6.84. The molecule has 1 aliphatic carbocycles. The topological polar surface area (TPSA) is 60.9 Å². The second kappa shape index (κ2) is 8.17. The van der Waals surface area contributed by atoms with Crippen LogP contribution in [0.25, 0.3) is 0 Å². The Hall–Kier alpha value is -3.15. The quantitative estimate of drug-likeness (QED) is 0.759. The summed E-state index contributed by atoms with van der Waals surface area (Å²) >= 11 is 0. The average molecular weight is 418 g/mol. The Kier molecular flexibility index (Phi) is 5.22. The Morgan fingerprint density at radius 3 is 2.48 bits per heavy atom. The number of urea groups is 1. The highest BCUT2D eigenvalue weighted by atomic mass is 16.2. The van der Waals surface area contributed by atoms with E-state index >= 15 is 0 Å². The summed E-state index contributed by atoms with van der Waals surface area (Å²) < 4.78 is 0. The van der Waals surface area contributed by atoms with Gasteiger partial charge in [-0.1, -0.05) is 49.2 Å². The van der Waals surface area contributed by atoms with Crippen LogP contribution in [0.15, 0.2) is 54.6 Å². The molecule has 2 aromatic rings. The zero-order valence-corrected chi connectivity index (χ0v) is 17.6. The number of aryl methyl sites for hydroxylation is 1. The minimum Gasteiger partial charge on any atom is -0.311 e. The molecule has 2 aliphatic heterocycles. The van der Waals surface area contributed by atoms with Gasteiger partial charge in [-0.2, -0.15) is 0 Å². The van der Waals surface area contributed by atoms with Crippen molar-refractivity contribution in [3.8, 4) is 0 Å². The second-order valence-corrected chi connectivity index (χ2v) is 8.66. The van der Waals surface area contributed by atoms with Crippen LogP contribution in [-0.2, 0) is 16.0 Å². The number of carbonyl (C=O) groups excluding carboxylic acids is 3. The molecule has 6 nitrogen and oxygen atoms in total. The van der Waals surface area contributed by atoms with Crippen molar-refractivity contribution in [2.75, 3.05) is 22.9 Å². The Labute approximate surface area is 182 Å². The van der Waals surface area contributed by atoms with Gasteiger partial charge in [-0.3, -0.25) is 9.59 Å². The van der Waals surface area contributed by atoms with Gasteiger partial charge in [0.1, 0.15) is 6.54 Å². The van der Waals surface area contributed by atoms with Gasteiger partial charge in [0.05, 0.1) is 11.6 Å². The van der Waals surface area contributed by atoms with Gasteiger partial charge in [0.2, 0.25) is 11.8 Å². The standard InChI is InChI=1S/C25H27N3O3/c29-23(26-16-8-10-18-9-4-6-14-21(18)26)17-27-22-15-7-5-13-20(22)24(30)28(25(27)31)19-11-2-1-3-12-19/h1-4,6,9,11-12,14,20,22H,5,7-8,10,13,15-17H2. The molecule has 2 fully saturated rings. The van der Waals surface area contributed by atoms with E-state index in [0.29, 0.717) is 12.2 Å². The van der Waals surface area contributed by atoms with Crippen molar-refractivity contribution in [3.63, 3.8) is 0 Å². The van der Waals surface area contributed by atoms with Crippen LogP contribution < -0.4 is 9.80 Å². The zero-order chi connectivity index (χ0) is 21.4. The number of nitrogens with zero attached hydrogens (tertiary/aromatic N) is 3. The first kappa shape index (κ1) is 19.8. The molecule has 2 atom stereocenters. The summed E-state index contributed by atoms with van der Waals surface area (Å²) in [5, 5.41) is 0. The average Bonchev–Trinajstić information content (AvgIpc) is 2.82. The molecule has 0 aromatic heterocycles. The van der Waals surface area contributed by atoms with E-state index in [9.17, 15) is 14.4 Å².